The van der Waals surface area contributed by atoms with Crippen molar-refractivity contribution in [3.05, 3.63) is 7.05 Å². The molecule has 0 aromatic rings. The smallest absolute Gasteiger partial charge is 1.00 e. The Morgan fingerprint density at radius 2 is 1.73 bits per heavy atom. The Bertz CT molecular complexity index is 444. The zero-order valence-electron chi connectivity index (χ0n) is 16.7. The van der Waals surface area contributed by atoms with Gasteiger partial charge in [0, 0.05) is 50.8 Å². The molecule has 26 heavy (non-hydrogen) atoms. The number of carbonyl (C=O) groups excluding carboxylic acids is 3. The zero-order chi connectivity index (χ0) is 18.9. The minimum Gasteiger partial charge on any atom is -1.00 e. The molecule has 3 unspecified atom stereocenters. The fourth-order valence-electron chi connectivity index (χ4n) is 2.54. The topological polar surface area (TPSA) is 112 Å². The van der Waals surface area contributed by atoms with Gasteiger partial charge in [0.2, 0.25) is 11.8 Å². The largest absolute Gasteiger partial charge is 1.00 e. The molecular weight excluding hydrogens is 369 g/mol. The van der Waals surface area contributed by atoms with Gasteiger partial charge in [-0.1, -0.05) is 13.8 Å². The van der Waals surface area contributed by atoms with Crippen LogP contribution in [0.2, 0.25) is 0 Å². The number of quaternary nitrogens is 1. The van der Waals surface area contributed by atoms with Crippen molar-refractivity contribution in [2.75, 3.05) is 27.2 Å². The fraction of sp³-hybridized carbons (Fsp3) is 0.765. The number of nitrogens with zero attached hydrogens (tertiary/aromatic N) is 1. The molecule has 7 nitrogen and oxygen atoms in total. The third-order valence-electron chi connectivity index (χ3n) is 4.12. The van der Waals surface area contributed by atoms with Crippen molar-refractivity contribution < 1.29 is 65.9 Å². The van der Waals surface area contributed by atoms with E-state index in [4.69, 9.17) is 5.73 Å². The van der Waals surface area contributed by atoms with Gasteiger partial charge < -0.3 is 37.8 Å². The molecule has 0 spiro atoms. The Hall–Kier alpha value is -0.340. The molecule has 0 heterocycles. The average Bonchev–Trinajstić information content (AvgIpc) is 2.45. The van der Waals surface area contributed by atoms with Crippen molar-refractivity contribution in [3.63, 3.8) is 0 Å². The molecule has 0 fully saturated rings. The summed E-state index contributed by atoms with van der Waals surface area (Å²) in [5.41, 5.74) is 5.26. The molecule has 0 saturated carbocycles. The summed E-state index contributed by atoms with van der Waals surface area (Å²) in [7, 11) is 7.89. The van der Waals surface area contributed by atoms with Crippen LogP contribution in [0.5, 0.6) is 0 Å². The summed E-state index contributed by atoms with van der Waals surface area (Å²) in [6, 6.07) is 0. The van der Waals surface area contributed by atoms with Crippen molar-refractivity contribution in [1.29, 1.82) is 0 Å². The number of carboxylic acid groups (broad SMARTS) is 1. The van der Waals surface area contributed by atoms with Crippen LogP contribution in [0.4, 0.5) is 0 Å². The van der Waals surface area contributed by atoms with Crippen molar-refractivity contribution >= 4 is 17.8 Å². The van der Waals surface area contributed by atoms with Crippen LogP contribution >= 0.6 is 0 Å². The van der Waals surface area contributed by atoms with Crippen LogP contribution in [-0.2, 0) is 14.4 Å². The standard InChI is InChI=1S/C17H33N3O4.ClH.Na/c1-6-13(15(18)21)11-14(17(23)24)10-12(2)16(22)19-8-7-9-20(3,4)5;;/h12-14H,3,6-11H2,1-2,4-5H3,(H2,18,21)(H,19,22)(H,23,24);1H;/q;;+1/p-2. The van der Waals surface area contributed by atoms with E-state index >= 15 is 0 Å². The SMILES string of the molecule is [CH2-][N+](C)(C)CCCNC(=O)C(C)CC(CC(CC)C(N)=O)C(=O)[O-].[Cl-].[Na+]. The van der Waals surface area contributed by atoms with Gasteiger partial charge in [-0.15, -0.1) is 7.05 Å². The molecule has 3 N–H and O–H groups in total. The van der Waals surface area contributed by atoms with E-state index in [0.29, 0.717) is 17.4 Å². The molecule has 2 amide bonds. The van der Waals surface area contributed by atoms with Gasteiger partial charge in [-0.05, 0) is 19.3 Å². The summed E-state index contributed by atoms with van der Waals surface area (Å²) in [6.07, 6.45) is 1.50. The number of aliphatic carboxylic acids is 1. The first kappa shape index (κ1) is 30.4. The van der Waals surface area contributed by atoms with Gasteiger partial charge in [-0.25, -0.2) is 0 Å². The number of carbonyl (C=O) groups is 3. The summed E-state index contributed by atoms with van der Waals surface area (Å²) < 4.78 is 0.573. The molecule has 0 aliphatic rings. The van der Waals surface area contributed by atoms with E-state index < -0.39 is 29.6 Å². The summed E-state index contributed by atoms with van der Waals surface area (Å²) in [4.78, 5) is 34.7. The van der Waals surface area contributed by atoms with Gasteiger partial charge in [0.1, 0.15) is 0 Å². The molecule has 0 aliphatic heterocycles. The second-order valence-corrected chi connectivity index (χ2v) is 7.20. The number of halogens is 1. The van der Waals surface area contributed by atoms with Crippen LogP contribution in [0.25, 0.3) is 0 Å². The molecule has 9 heteroatoms. The van der Waals surface area contributed by atoms with Crippen LogP contribution < -0.4 is 58.1 Å². The third kappa shape index (κ3) is 13.8. The molecule has 0 radical (unpaired) electrons. The summed E-state index contributed by atoms with van der Waals surface area (Å²) in [6.45, 7) is 4.81. The normalized spacial score (nSPS) is 14.2. The van der Waals surface area contributed by atoms with Crippen LogP contribution in [0.1, 0.15) is 39.5 Å². The van der Waals surface area contributed by atoms with Crippen LogP contribution in [0, 0.1) is 24.8 Å². The van der Waals surface area contributed by atoms with E-state index in [9.17, 15) is 19.5 Å². The monoisotopic (exact) mass is 400 g/mol. The van der Waals surface area contributed by atoms with E-state index in [-0.39, 0.29) is 60.7 Å². The molecule has 0 rings (SSSR count). The maximum absolute atomic E-state index is 12.1. The first-order chi connectivity index (χ1) is 11.0. The Balaban J connectivity index is -0.00000264. The second kappa shape index (κ2) is 14.7. The predicted octanol–water partition coefficient (Wildman–Crippen LogP) is -6.34. The molecule has 3 atom stereocenters. The van der Waals surface area contributed by atoms with Crippen molar-refractivity contribution in [2.24, 2.45) is 23.5 Å². The molecule has 0 aliphatic carbocycles. The molecule has 148 valence electrons. The minimum absolute atomic E-state index is 0. The molecule has 0 bridgehead atoms. The van der Waals surface area contributed by atoms with E-state index in [1.807, 2.05) is 14.1 Å². The van der Waals surface area contributed by atoms with Gasteiger partial charge in [0.15, 0.2) is 0 Å². The number of rotatable bonds is 12. The molecule has 0 saturated heterocycles. The average molecular weight is 401 g/mol. The quantitative estimate of drug-likeness (QED) is 0.147. The van der Waals surface area contributed by atoms with Gasteiger partial charge in [0.05, 0.1) is 6.54 Å². The number of hydrogen-bond acceptors (Lipinski definition) is 4. The zero-order valence-corrected chi connectivity index (χ0v) is 19.5. The Morgan fingerprint density at radius 1 is 1.19 bits per heavy atom. The molecule has 0 aromatic heterocycles. The van der Waals surface area contributed by atoms with Gasteiger partial charge in [0.25, 0.3) is 0 Å². The van der Waals surface area contributed by atoms with Gasteiger partial charge >= 0.3 is 29.6 Å². The number of amides is 2. The van der Waals surface area contributed by atoms with E-state index in [0.717, 1.165) is 13.0 Å². The summed E-state index contributed by atoms with van der Waals surface area (Å²) in [5, 5.41) is 14.1. The first-order valence-electron chi connectivity index (χ1n) is 8.43. The van der Waals surface area contributed by atoms with Gasteiger partial charge in [-0.2, -0.15) is 0 Å². The maximum atomic E-state index is 12.1. The number of nitrogens with two attached hydrogens (primary N) is 1. The van der Waals surface area contributed by atoms with Gasteiger partial charge in [-0.3, -0.25) is 9.59 Å². The Labute approximate surface area is 185 Å². The van der Waals surface area contributed by atoms with Crippen LogP contribution in [-0.4, -0.2) is 49.5 Å². The number of hydrogen-bond donors (Lipinski definition) is 2. The Kier molecular flexibility index (Phi) is 17.2. The fourth-order valence-corrected chi connectivity index (χ4v) is 2.54. The minimum atomic E-state index is -1.24. The number of nitrogens with one attached hydrogen (secondary N) is 1. The first-order valence-corrected chi connectivity index (χ1v) is 8.43. The molecular formula is C17H32ClN3NaO4-. The number of carboxylic acids is 1. The second-order valence-electron chi connectivity index (χ2n) is 7.20. The van der Waals surface area contributed by atoms with Crippen molar-refractivity contribution in [3.8, 4) is 0 Å². The maximum Gasteiger partial charge on any atom is 1.00 e. The van der Waals surface area contributed by atoms with Crippen LogP contribution in [0.3, 0.4) is 0 Å². The van der Waals surface area contributed by atoms with E-state index in [1.165, 1.54) is 0 Å². The van der Waals surface area contributed by atoms with E-state index in [1.54, 1.807) is 13.8 Å². The predicted molar refractivity (Wildman–Crippen MR) is 89.8 cm³/mol. The molecule has 0 aromatic carbocycles. The van der Waals surface area contributed by atoms with Crippen LogP contribution in [0.15, 0.2) is 0 Å². The van der Waals surface area contributed by atoms with Crippen molar-refractivity contribution in [1.82, 2.24) is 5.32 Å². The Morgan fingerprint density at radius 3 is 2.12 bits per heavy atom. The third-order valence-corrected chi connectivity index (χ3v) is 4.12. The summed E-state index contributed by atoms with van der Waals surface area (Å²) in [5.74, 6) is -3.80. The van der Waals surface area contributed by atoms with E-state index in [2.05, 4.69) is 12.4 Å². The number of primary amides is 1. The summed E-state index contributed by atoms with van der Waals surface area (Å²) >= 11 is 0. The van der Waals surface area contributed by atoms with Crippen molar-refractivity contribution in [2.45, 2.75) is 39.5 Å².